The Morgan fingerprint density at radius 2 is 1.94 bits per heavy atom. The molecule has 0 saturated heterocycles. The highest BCUT2D eigenvalue weighted by atomic mass is 32.2. The Morgan fingerprint density at radius 1 is 1.28 bits per heavy atom. The van der Waals surface area contributed by atoms with Crippen LogP contribution in [0.15, 0.2) is 23.4 Å². The molecule has 0 bridgehead atoms. The third-order valence-electron chi connectivity index (χ3n) is 2.58. The van der Waals surface area contributed by atoms with Gasteiger partial charge in [-0.25, -0.2) is 12.7 Å². The highest BCUT2D eigenvalue weighted by molar-refractivity contribution is 7.89. The molecular formula is C11H20N4O2S. The van der Waals surface area contributed by atoms with Gasteiger partial charge in [0.25, 0.3) is 0 Å². The fourth-order valence-corrected chi connectivity index (χ4v) is 2.77. The first-order valence-electron chi connectivity index (χ1n) is 5.66. The van der Waals surface area contributed by atoms with Crippen molar-refractivity contribution in [1.82, 2.24) is 14.2 Å². The summed E-state index contributed by atoms with van der Waals surface area (Å²) in [6.45, 7) is 1.29. The number of rotatable bonds is 6. The lowest BCUT2D eigenvalue weighted by molar-refractivity contribution is 0.370. The van der Waals surface area contributed by atoms with E-state index in [0.717, 1.165) is 13.0 Å². The maximum Gasteiger partial charge on any atom is 0.246 e. The van der Waals surface area contributed by atoms with Crippen LogP contribution in [0.25, 0.3) is 0 Å². The Kier molecular flexibility index (Phi) is 5.06. The van der Waals surface area contributed by atoms with Crippen molar-refractivity contribution in [2.24, 2.45) is 0 Å². The highest BCUT2D eigenvalue weighted by Gasteiger charge is 2.22. The molecule has 0 aliphatic carbocycles. The smallest absolute Gasteiger partial charge is 0.246 e. The van der Waals surface area contributed by atoms with Crippen molar-refractivity contribution in [3.8, 4) is 0 Å². The van der Waals surface area contributed by atoms with Gasteiger partial charge in [-0.15, -0.1) is 0 Å². The lowest BCUT2D eigenvalue weighted by Gasteiger charge is -2.19. The average Bonchev–Trinajstić information content (AvgIpc) is 2.28. The SMILES string of the molecule is CN(C)CCCN(C)S(=O)(=O)c1cnccc1N. The van der Waals surface area contributed by atoms with Crippen molar-refractivity contribution in [3.05, 3.63) is 18.5 Å². The molecule has 1 aromatic rings. The van der Waals surface area contributed by atoms with Gasteiger partial charge in [0.05, 0.1) is 5.69 Å². The van der Waals surface area contributed by atoms with Gasteiger partial charge in [-0.05, 0) is 33.1 Å². The van der Waals surface area contributed by atoms with Gasteiger partial charge in [0, 0.05) is 26.0 Å². The summed E-state index contributed by atoms with van der Waals surface area (Å²) in [4.78, 5) is 5.89. The number of pyridine rings is 1. The molecular weight excluding hydrogens is 252 g/mol. The standard InChI is InChI=1S/C11H20N4O2S/c1-14(2)7-4-8-15(3)18(16,17)11-9-13-6-5-10(11)12/h5-6,9H,4,7-8H2,1-3H3,(H2,12,13). The molecule has 0 radical (unpaired) electrons. The third-order valence-corrected chi connectivity index (χ3v) is 4.48. The average molecular weight is 272 g/mol. The molecule has 7 heteroatoms. The molecule has 0 aliphatic heterocycles. The first-order chi connectivity index (χ1) is 8.35. The first-order valence-corrected chi connectivity index (χ1v) is 7.10. The van der Waals surface area contributed by atoms with E-state index < -0.39 is 10.0 Å². The van der Waals surface area contributed by atoms with E-state index in [0.29, 0.717) is 6.54 Å². The second-order valence-electron chi connectivity index (χ2n) is 4.40. The number of nitrogens with zero attached hydrogens (tertiary/aromatic N) is 3. The Balaban J connectivity index is 2.78. The van der Waals surface area contributed by atoms with Gasteiger partial charge >= 0.3 is 0 Å². The number of hydrogen-bond donors (Lipinski definition) is 1. The van der Waals surface area contributed by atoms with Gasteiger partial charge in [0.2, 0.25) is 10.0 Å². The van der Waals surface area contributed by atoms with Crippen LogP contribution in [0.2, 0.25) is 0 Å². The van der Waals surface area contributed by atoms with E-state index >= 15 is 0 Å². The lowest BCUT2D eigenvalue weighted by atomic mass is 10.4. The lowest BCUT2D eigenvalue weighted by Crippen LogP contribution is -2.30. The summed E-state index contributed by atoms with van der Waals surface area (Å²) in [5, 5.41) is 0. The number of nitrogen functional groups attached to an aromatic ring is 1. The molecule has 0 spiro atoms. The number of nitrogens with two attached hydrogens (primary N) is 1. The molecule has 0 unspecified atom stereocenters. The van der Waals surface area contributed by atoms with Crippen molar-refractivity contribution in [1.29, 1.82) is 0 Å². The third kappa shape index (κ3) is 3.66. The van der Waals surface area contributed by atoms with E-state index in [2.05, 4.69) is 4.98 Å². The zero-order valence-corrected chi connectivity index (χ0v) is 11.8. The van der Waals surface area contributed by atoms with E-state index in [4.69, 9.17) is 5.73 Å². The van der Waals surface area contributed by atoms with E-state index in [1.165, 1.54) is 22.8 Å². The summed E-state index contributed by atoms with van der Waals surface area (Å²) in [6, 6.07) is 1.49. The van der Waals surface area contributed by atoms with Crippen LogP contribution in [0.3, 0.4) is 0 Å². The molecule has 102 valence electrons. The molecule has 1 heterocycles. The molecule has 0 saturated carbocycles. The number of aromatic nitrogens is 1. The zero-order valence-electron chi connectivity index (χ0n) is 11.0. The minimum Gasteiger partial charge on any atom is -0.398 e. The van der Waals surface area contributed by atoms with Gasteiger partial charge in [0.1, 0.15) is 4.90 Å². The summed E-state index contributed by atoms with van der Waals surface area (Å²) < 4.78 is 25.8. The summed E-state index contributed by atoms with van der Waals surface area (Å²) in [6.07, 6.45) is 3.52. The monoisotopic (exact) mass is 272 g/mol. The van der Waals surface area contributed by atoms with Crippen molar-refractivity contribution in [2.75, 3.05) is 40.0 Å². The topological polar surface area (TPSA) is 79.5 Å². The van der Waals surface area contributed by atoms with Gasteiger partial charge in [-0.2, -0.15) is 0 Å². The van der Waals surface area contributed by atoms with Crippen molar-refractivity contribution in [2.45, 2.75) is 11.3 Å². The molecule has 2 N–H and O–H groups in total. The molecule has 0 atom stereocenters. The minimum absolute atomic E-state index is 0.0670. The second kappa shape index (κ2) is 6.12. The van der Waals surface area contributed by atoms with Crippen LogP contribution in [0, 0.1) is 0 Å². The molecule has 1 rings (SSSR count). The van der Waals surface area contributed by atoms with Gasteiger partial charge in [-0.1, -0.05) is 0 Å². The fraction of sp³-hybridized carbons (Fsp3) is 0.545. The largest absolute Gasteiger partial charge is 0.398 e. The number of sulfonamides is 1. The Labute approximate surface area is 108 Å². The highest BCUT2D eigenvalue weighted by Crippen LogP contribution is 2.19. The van der Waals surface area contributed by atoms with Crippen molar-refractivity contribution in [3.63, 3.8) is 0 Å². The van der Waals surface area contributed by atoms with Crippen LogP contribution < -0.4 is 5.73 Å². The quantitative estimate of drug-likeness (QED) is 0.802. The van der Waals surface area contributed by atoms with Gasteiger partial charge < -0.3 is 10.6 Å². The van der Waals surface area contributed by atoms with Crippen LogP contribution >= 0.6 is 0 Å². The van der Waals surface area contributed by atoms with E-state index in [-0.39, 0.29) is 10.6 Å². The van der Waals surface area contributed by atoms with Gasteiger partial charge in [-0.3, -0.25) is 4.98 Å². The molecule has 0 fully saturated rings. The summed E-state index contributed by atoms with van der Waals surface area (Å²) in [5.41, 5.74) is 5.89. The molecule has 0 aromatic carbocycles. The summed E-state index contributed by atoms with van der Waals surface area (Å²) in [7, 11) is 1.92. The fourth-order valence-electron chi connectivity index (χ4n) is 1.50. The predicted octanol–water partition coefficient (Wildman–Crippen LogP) is 0.236. The molecule has 6 nitrogen and oxygen atoms in total. The normalized spacial score (nSPS) is 12.3. The zero-order chi connectivity index (χ0) is 13.8. The predicted molar refractivity (Wildman–Crippen MR) is 71.6 cm³/mol. The number of anilines is 1. The molecule has 18 heavy (non-hydrogen) atoms. The Hall–Kier alpha value is -1.18. The van der Waals surface area contributed by atoms with Crippen LogP contribution in [0.1, 0.15) is 6.42 Å². The minimum atomic E-state index is -3.54. The van der Waals surface area contributed by atoms with Gasteiger partial charge in [0.15, 0.2) is 0 Å². The summed E-state index contributed by atoms with van der Waals surface area (Å²) >= 11 is 0. The van der Waals surface area contributed by atoms with E-state index in [9.17, 15) is 8.42 Å². The maximum absolute atomic E-state index is 12.2. The molecule has 0 amide bonds. The van der Waals surface area contributed by atoms with Crippen molar-refractivity contribution >= 4 is 15.7 Å². The molecule has 1 aromatic heterocycles. The Morgan fingerprint density at radius 3 is 2.50 bits per heavy atom. The number of hydrogen-bond acceptors (Lipinski definition) is 5. The maximum atomic E-state index is 12.2. The van der Waals surface area contributed by atoms with E-state index in [1.807, 2.05) is 19.0 Å². The second-order valence-corrected chi connectivity index (χ2v) is 6.41. The first kappa shape index (κ1) is 14.9. The van der Waals surface area contributed by atoms with Crippen LogP contribution in [0.4, 0.5) is 5.69 Å². The van der Waals surface area contributed by atoms with Crippen LogP contribution in [0.5, 0.6) is 0 Å². The molecule has 0 aliphatic rings. The Bertz CT molecular complexity index is 488. The summed E-state index contributed by atoms with van der Waals surface area (Å²) in [5.74, 6) is 0. The van der Waals surface area contributed by atoms with Crippen molar-refractivity contribution < 1.29 is 8.42 Å². The van der Waals surface area contributed by atoms with E-state index in [1.54, 1.807) is 7.05 Å². The van der Waals surface area contributed by atoms with Crippen LogP contribution in [-0.2, 0) is 10.0 Å². The van der Waals surface area contributed by atoms with Crippen LogP contribution in [-0.4, -0.2) is 56.8 Å².